The van der Waals surface area contributed by atoms with Crippen LogP contribution >= 0.6 is 23.2 Å². The first kappa shape index (κ1) is 18.3. The molecule has 1 aromatic carbocycles. The Bertz CT molecular complexity index is 725. The van der Waals surface area contributed by atoms with Crippen LogP contribution in [0.1, 0.15) is 23.2 Å². The van der Waals surface area contributed by atoms with E-state index in [2.05, 4.69) is 17.1 Å². The van der Waals surface area contributed by atoms with Crippen molar-refractivity contribution in [3.8, 4) is 0 Å². The molecular weight excluding hydrogens is 375 g/mol. The molecule has 1 amide bonds. The molecular formula is C19H22Cl2N2O3. The fraction of sp³-hybridized carbons (Fsp3) is 0.526. The number of hydrogen-bond donors (Lipinski definition) is 0. The minimum absolute atomic E-state index is 0.00922. The predicted molar refractivity (Wildman–Crippen MR) is 101 cm³/mol. The Labute approximate surface area is 163 Å². The van der Waals surface area contributed by atoms with Crippen LogP contribution in [0.25, 0.3) is 0 Å². The van der Waals surface area contributed by atoms with Crippen LogP contribution in [0.3, 0.4) is 0 Å². The lowest BCUT2D eigenvalue weighted by molar-refractivity contribution is -0.154. The second-order valence-electron chi connectivity index (χ2n) is 7.12. The van der Waals surface area contributed by atoms with Crippen LogP contribution in [-0.2, 0) is 9.47 Å². The van der Waals surface area contributed by atoms with Gasteiger partial charge in [0.05, 0.1) is 29.3 Å². The van der Waals surface area contributed by atoms with Crippen LogP contribution in [0.4, 0.5) is 0 Å². The summed E-state index contributed by atoms with van der Waals surface area (Å²) in [7, 11) is 1.85. The minimum Gasteiger partial charge on any atom is -0.347 e. The summed E-state index contributed by atoms with van der Waals surface area (Å²) in [6, 6.07) is 5.20. The Hall–Kier alpha value is -1.11. The molecule has 0 radical (unpaired) electrons. The number of amides is 1. The van der Waals surface area contributed by atoms with E-state index in [1.54, 1.807) is 18.2 Å². The minimum atomic E-state index is -0.565. The molecule has 2 atom stereocenters. The first-order valence-corrected chi connectivity index (χ1v) is 9.64. The van der Waals surface area contributed by atoms with E-state index in [1.165, 1.54) is 0 Å². The highest BCUT2D eigenvalue weighted by Gasteiger charge is 2.53. The van der Waals surface area contributed by atoms with Crippen molar-refractivity contribution in [2.45, 2.75) is 30.7 Å². The van der Waals surface area contributed by atoms with Crippen LogP contribution in [0.15, 0.2) is 30.4 Å². The number of carbonyl (C=O) groups excluding carboxylic acids is 1. The van der Waals surface area contributed by atoms with Gasteiger partial charge in [0.25, 0.3) is 5.91 Å². The Morgan fingerprint density at radius 3 is 2.50 bits per heavy atom. The largest absolute Gasteiger partial charge is 0.347 e. The van der Waals surface area contributed by atoms with Gasteiger partial charge in [-0.1, -0.05) is 35.4 Å². The fourth-order valence-electron chi connectivity index (χ4n) is 4.24. The zero-order valence-corrected chi connectivity index (χ0v) is 16.2. The summed E-state index contributed by atoms with van der Waals surface area (Å²) in [4.78, 5) is 17.3. The average Bonchev–Trinajstić information content (AvgIpc) is 3.38. The number of nitrogens with zero attached hydrogens (tertiary/aromatic N) is 2. The SMILES string of the molecule is CN(C(=O)c1ccc(Cl)c(Cl)c1)C1CC2(CC1N1CC=CC1)OCCO2. The Kier molecular flexibility index (Phi) is 5.01. The van der Waals surface area contributed by atoms with Crippen LogP contribution in [-0.4, -0.2) is 66.9 Å². The van der Waals surface area contributed by atoms with Crippen LogP contribution in [0.5, 0.6) is 0 Å². The Morgan fingerprint density at radius 2 is 1.85 bits per heavy atom. The first-order chi connectivity index (χ1) is 12.5. The highest BCUT2D eigenvalue weighted by atomic mass is 35.5. The number of carbonyl (C=O) groups is 1. The molecule has 2 fully saturated rings. The maximum atomic E-state index is 13.1. The van der Waals surface area contributed by atoms with Gasteiger partial charge in [-0.25, -0.2) is 0 Å². The maximum Gasteiger partial charge on any atom is 0.253 e. The topological polar surface area (TPSA) is 42.0 Å². The fourth-order valence-corrected chi connectivity index (χ4v) is 4.54. The molecule has 1 saturated carbocycles. The van der Waals surface area contributed by atoms with Gasteiger partial charge in [-0.2, -0.15) is 0 Å². The van der Waals surface area contributed by atoms with Crippen LogP contribution in [0, 0.1) is 0 Å². The predicted octanol–water partition coefficient (Wildman–Crippen LogP) is 3.21. The highest BCUT2D eigenvalue weighted by molar-refractivity contribution is 6.42. The van der Waals surface area contributed by atoms with Gasteiger partial charge >= 0.3 is 0 Å². The van der Waals surface area contributed by atoms with Gasteiger partial charge in [-0.15, -0.1) is 0 Å². The lowest BCUT2D eigenvalue weighted by atomic mass is 10.1. The molecule has 26 heavy (non-hydrogen) atoms. The zero-order valence-electron chi connectivity index (χ0n) is 14.7. The third-order valence-electron chi connectivity index (χ3n) is 5.60. The van der Waals surface area contributed by atoms with Gasteiger partial charge in [-0.3, -0.25) is 9.69 Å². The summed E-state index contributed by atoms with van der Waals surface area (Å²) in [5.41, 5.74) is 0.536. The van der Waals surface area contributed by atoms with Crippen molar-refractivity contribution < 1.29 is 14.3 Å². The molecule has 0 bridgehead atoms. The molecule has 2 aliphatic heterocycles. The van der Waals surface area contributed by atoms with Crippen molar-refractivity contribution in [3.63, 3.8) is 0 Å². The van der Waals surface area contributed by atoms with Gasteiger partial charge in [0.15, 0.2) is 5.79 Å². The highest BCUT2D eigenvalue weighted by Crippen LogP contribution is 2.42. The van der Waals surface area contributed by atoms with E-state index in [1.807, 2.05) is 11.9 Å². The van der Waals surface area contributed by atoms with Crippen LogP contribution < -0.4 is 0 Å². The third kappa shape index (κ3) is 3.27. The van der Waals surface area contributed by atoms with Crippen LogP contribution in [0.2, 0.25) is 10.0 Å². The Balaban J connectivity index is 1.58. The third-order valence-corrected chi connectivity index (χ3v) is 6.34. The van der Waals surface area contributed by atoms with Gasteiger partial charge in [-0.05, 0) is 18.2 Å². The molecule has 1 aromatic rings. The van der Waals surface area contributed by atoms with Crippen molar-refractivity contribution in [3.05, 3.63) is 46.0 Å². The summed E-state index contributed by atoms with van der Waals surface area (Å²) in [5.74, 6) is -0.634. The van der Waals surface area contributed by atoms with E-state index in [0.717, 1.165) is 19.5 Å². The van der Waals surface area contributed by atoms with E-state index >= 15 is 0 Å². The van der Waals surface area contributed by atoms with Crippen molar-refractivity contribution in [1.82, 2.24) is 9.80 Å². The van der Waals surface area contributed by atoms with E-state index in [-0.39, 0.29) is 18.0 Å². The monoisotopic (exact) mass is 396 g/mol. The smallest absolute Gasteiger partial charge is 0.253 e. The van der Waals surface area contributed by atoms with Gasteiger partial charge in [0.1, 0.15) is 0 Å². The summed E-state index contributed by atoms with van der Waals surface area (Å²) in [6.07, 6.45) is 5.79. The van der Waals surface area contributed by atoms with Gasteiger partial charge < -0.3 is 14.4 Å². The van der Waals surface area contributed by atoms with Gasteiger partial charge in [0.2, 0.25) is 0 Å². The van der Waals surface area contributed by atoms with Crippen molar-refractivity contribution >= 4 is 29.1 Å². The average molecular weight is 397 g/mol. The lowest BCUT2D eigenvalue weighted by Gasteiger charge is -2.34. The molecule has 1 aliphatic carbocycles. The first-order valence-electron chi connectivity index (χ1n) is 8.88. The molecule has 2 unspecified atom stereocenters. The number of benzene rings is 1. The van der Waals surface area contributed by atoms with E-state index < -0.39 is 5.79 Å². The normalized spacial score (nSPS) is 27.5. The molecule has 140 valence electrons. The number of halogens is 2. The second-order valence-corrected chi connectivity index (χ2v) is 7.94. The number of rotatable bonds is 3. The molecule has 2 heterocycles. The quantitative estimate of drug-likeness (QED) is 0.735. The standard InChI is InChI=1S/C19H22Cl2N2O3/c1-22(18(24)13-4-5-14(20)15(21)10-13)16-11-19(25-8-9-26-19)12-17(16)23-6-2-3-7-23/h2-5,10,16-17H,6-9,11-12H2,1H3. The van der Waals surface area contributed by atoms with E-state index in [4.69, 9.17) is 32.7 Å². The number of hydrogen-bond acceptors (Lipinski definition) is 4. The van der Waals surface area contributed by atoms with E-state index in [0.29, 0.717) is 35.2 Å². The summed E-state index contributed by atoms with van der Waals surface area (Å²) in [5, 5.41) is 0.830. The molecule has 0 N–H and O–H groups in total. The van der Waals surface area contributed by atoms with Crippen molar-refractivity contribution in [2.75, 3.05) is 33.4 Å². The summed E-state index contributed by atoms with van der Waals surface area (Å²) >= 11 is 12.1. The molecule has 0 aromatic heterocycles. The molecule has 7 heteroatoms. The second kappa shape index (κ2) is 7.13. The summed E-state index contributed by atoms with van der Waals surface area (Å²) < 4.78 is 11.9. The lowest BCUT2D eigenvalue weighted by Crippen LogP contribution is -2.48. The number of likely N-dealkylation sites (N-methyl/N-ethyl adjacent to an activating group) is 1. The number of ether oxygens (including phenoxy) is 2. The zero-order chi connectivity index (χ0) is 18.3. The molecule has 1 spiro atoms. The summed E-state index contributed by atoms with van der Waals surface area (Å²) in [6.45, 7) is 3.02. The Morgan fingerprint density at radius 1 is 1.15 bits per heavy atom. The molecule has 3 aliphatic rings. The van der Waals surface area contributed by atoms with Gasteiger partial charge in [0, 0.05) is 44.6 Å². The van der Waals surface area contributed by atoms with Crippen molar-refractivity contribution in [1.29, 1.82) is 0 Å². The molecule has 4 rings (SSSR count). The molecule has 1 saturated heterocycles. The van der Waals surface area contributed by atoms with E-state index in [9.17, 15) is 4.79 Å². The molecule has 5 nitrogen and oxygen atoms in total. The van der Waals surface area contributed by atoms with Crippen molar-refractivity contribution in [2.24, 2.45) is 0 Å². The maximum absolute atomic E-state index is 13.1.